The SMILES string of the molecule is COc1ccc(-c2nc3ccc(C(=O)NCC[NH+](C)C)cc3nc2-c2ccc(OC)c(OC)c2)cc1OC. The first-order valence-corrected chi connectivity index (χ1v) is 12.2. The van der Waals surface area contributed by atoms with Gasteiger partial charge in [-0.05, 0) is 54.6 Å². The minimum absolute atomic E-state index is 0.147. The Bertz CT molecular complexity index is 1450. The van der Waals surface area contributed by atoms with Gasteiger partial charge in [-0.2, -0.15) is 0 Å². The normalized spacial score (nSPS) is 10.9. The summed E-state index contributed by atoms with van der Waals surface area (Å²) < 4.78 is 21.9. The molecule has 0 aliphatic heterocycles. The lowest BCUT2D eigenvalue weighted by Crippen LogP contribution is -3.06. The highest BCUT2D eigenvalue weighted by molar-refractivity contribution is 5.98. The maximum Gasteiger partial charge on any atom is 0.251 e. The van der Waals surface area contributed by atoms with Gasteiger partial charge in [-0.15, -0.1) is 0 Å². The number of quaternary nitrogens is 1. The number of carbonyl (C=O) groups is 1. The molecule has 2 N–H and O–H groups in total. The minimum Gasteiger partial charge on any atom is -0.493 e. The predicted octanol–water partition coefficient (Wildman–Crippen LogP) is 2.87. The smallest absolute Gasteiger partial charge is 0.251 e. The van der Waals surface area contributed by atoms with Crippen LogP contribution < -0.4 is 29.2 Å². The minimum atomic E-state index is -0.147. The molecule has 0 unspecified atom stereocenters. The molecule has 1 heterocycles. The number of rotatable bonds is 10. The van der Waals surface area contributed by atoms with Gasteiger partial charge >= 0.3 is 0 Å². The summed E-state index contributed by atoms with van der Waals surface area (Å²) in [6.07, 6.45) is 0. The van der Waals surface area contributed by atoms with Crippen LogP contribution in [0.4, 0.5) is 0 Å². The molecule has 0 spiro atoms. The Morgan fingerprint density at radius 2 is 1.24 bits per heavy atom. The molecule has 0 aliphatic rings. The molecule has 0 radical (unpaired) electrons. The zero-order chi connectivity index (χ0) is 27.2. The number of amides is 1. The number of ether oxygens (including phenoxy) is 4. The fourth-order valence-corrected chi connectivity index (χ4v) is 4.09. The fourth-order valence-electron chi connectivity index (χ4n) is 4.09. The van der Waals surface area contributed by atoms with Crippen LogP contribution >= 0.6 is 0 Å². The Labute approximate surface area is 222 Å². The number of methoxy groups -OCH3 is 4. The van der Waals surface area contributed by atoms with E-state index in [1.54, 1.807) is 40.6 Å². The molecule has 4 rings (SSSR count). The lowest BCUT2D eigenvalue weighted by molar-refractivity contribution is -0.856. The Morgan fingerprint density at radius 1 is 0.711 bits per heavy atom. The number of aromatic nitrogens is 2. The van der Waals surface area contributed by atoms with Crippen molar-refractivity contribution in [1.29, 1.82) is 0 Å². The average molecular weight is 518 g/mol. The lowest BCUT2D eigenvalue weighted by Gasteiger charge is -2.15. The summed E-state index contributed by atoms with van der Waals surface area (Å²) in [5, 5.41) is 2.97. The monoisotopic (exact) mass is 517 g/mol. The highest BCUT2D eigenvalue weighted by atomic mass is 16.5. The largest absolute Gasteiger partial charge is 0.493 e. The molecule has 3 aromatic carbocycles. The molecular weight excluding hydrogens is 484 g/mol. The van der Waals surface area contributed by atoms with Crippen molar-refractivity contribution in [1.82, 2.24) is 15.3 Å². The summed E-state index contributed by atoms with van der Waals surface area (Å²) in [7, 11) is 10.5. The summed E-state index contributed by atoms with van der Waals surface area (Å²) >= 11 is 0. The van der Waals surface area contributed by atoms with Gasteiger partial charge in [0.05, 0.1) is 78.0 Å². The Hall–Kier alpha value is -4.37. The van der Waals surface area contributed by atoms with E-state index in [1.807, 2.05) is 56.6 Å². The fraction of sp³-hybridized carbons (Fsp3) is 0.276. The number of nitrogens with one attached hydrogen (secondary N) is 2. The molecule has 9 nitrogen and oxygen atoms in total. The van der Waals surface area contributed by atoms with E-state index < -0.39 is 0 Å². The maximum absolute atomic E-state index is 12.8. The van der Waals surface area contributed by atoms with Crippen LogP contribution in [0.2, 0.25) is 0 Å². The molecule has 1 amide bonds. The van der Waals surface area contributed by atoms with Crippen molar-refractivity contribution in [2.24, 2.45) is 0 Å². The number of fused-ring (bicyclic) bond motifs is 1. The van der Waals surface area contributed by atoms with Crippen LogP contribution in [0, 0.1) is 0 Å². The van der Waals surface area contributed by atoms with Crippen molar-refractivity contribution >= 4 is 16.9 Å². The maximum atomic E-state index is 12.8. The summed E-state index contributed by atoms with van der Waals surface area (Å²) in [6, 6.07) is 16.6. The third-order valence-corrected chi connectivity index (χ3v) is 6.15. The van der Waals surface area contributed by atoms with Gasteiger partial charge in [0.1, 0.15) is 0 Å². The van der Waals surface area contributed by atoms with Crippen LogP contribution in [-0.4, -0.2) is 71.5 Å². The number of hydrogen-bond donors (Lipinski definition) is 2. The number of likely N-dealkylation sites (N-methyl/N-ethyl adjacent to an activating group) is 1. The van der Waals surface area contributed by atoms with Gasteiger partial charge < -0.3 is 29.2 Å². The molecule has 0 fully saturated rings. The van der Waals surface area contributed by atoms with Gasteiger partial charge in [0.15, 0.2) is 23.0 Å². The molecule has 0 aliphatic carbocycles. The molecule has 198 valence electrons. The number of carbonyl (C=O) groups excluding carboxylic acids is 1. The van der Waals surface area contributed by atoms with Crippen molar-refractivity contribution in [2.75, 3.05) is 55.6 Å². The molecule has 4 aromatic rings. The van der Waals surface area contributed by atoms with Gasteiger partial charge in [-0.1, -0.05) is 0 Å². The summed E-state index contributed by atoms with van der Waals surface area (Å²) in [4.78, 5) is 24.0. The van der Waals surface area contributed by atoms with Crippen LogP contribution in [0.1, 0.15) is 10.4 Å². The number of hydrogen-bond acceptors (Lipinski definition) is 7. The topological polar surface area (TPSA) is 96.2 Å². The van der Waals surface area contributed by atoms with Crippen LogP contribution in [0.3, 0.4) is 0 Å². The van der Waals surface area contributed by atoms with E-state index >= 15 is 0 Å². The molecule has 38 heavy (non-hydrogen) atoms. The molecule has 0 bridgehead atoms. The predicted molar refractivity (Wildman–Crippen MR) is 147 cm³/mol. The van der Waals surface area contributed by atoms with Crippen molar-refractivity contribution in [2.45, 2.75) is 0 Å². The molecule has 0 atom stereocenters. The Kier molecular flexibility index (Phi) is 8.28. The van der Waals surface area contributed by atoms with E-state index in [9.17, 15) is 4.79 Å². The van der Waals surface area contributed by atoms with Crippen LogP contribution in [0.15, 0.2) is 54.6 Å². The molecule has 1 aromatic heterocycles. The van der Waals surface area contributed by atoms with E-state index in [4.69, 9.17) is 28.9 Å². The quantitative estimate of drug-likeness (QED) is 0.334. The molecule has 9 heteroatoms. The van der Waals surface area contributed by atoms with E-state index in [0.29, 0.717) is 57.5 Å². The van der Waals surface area contributed by atoms with Crippen LogP contribution in [0.5, 0.6) is 23.0 Å². The van der Waals surface area contributed by atoms with Gasteiger partial charge in [-0.3, -0.25) is 4.79 Å². The lowest BCUT2D eigenvalue weighted by atomic mass is 10.0. The van der Waals surface area contributed by atoms with Gasteiger partial charge in [-0.25, -0.2) is 9.97 Å². The van der Waals surface area contributed by atoms with E-state index in [1.165, 1.54) is 4.90 Å². The van der Waals surface area contributed by atoms with Crippen molar-refractivity contribution in [3.63, 3.8) is 0 Å². The molecule has 0 saturated carbocycles. The zero-order valence-electron chi connectivity index (χ0n) is 22.5. The first-order chi connectivity index (χ1) is 18.4. The van der Waals surface area contributed by atoms with Crippen molar-refractivity contribution in [3.8, 4) is 45.5 Å². The highest BCUT2D eigenvalue weighted by Crippen LogP contribution is 2.38. The first kappa shape index (κ1) is 26.7. The van der Waals surface area contributed by atoms with Crippen LogP contribution in [-0.2, 0) is 0 Å². The summed E-state index contributed by atoms with van der Waals surface area (Å²) in [5.74, 6) is 2.23. The van der Waals surface area contributed by atoms with E-state index in [0.717, 1.165) is 17.7 Å². The zero-order valence-corrected chi connectivity index (χ0v) is 22.5. The number of nitrogens with zero attached hydrogens (tertiary/aromatic N) is 2. The Balaban J connectivity index is 1.87. The molecule has 0 saturated heterocycles. The van der Waals surface area contributed by atoms with Crippen LogP contribution in [0.25, 0.3) is 33.5 Å². The second kappa shape index (κ2) is 11.8. The average Bonchev–Trinajstić information content (AvgIpc) is 2.95. The van der Waals surface area contributed by atoms with Gasteiger partial charge in [0, 0.05) is 16.7 Å². The highest BCUT2D eigenvalue weighted by Gasteiger charge is 2.18. The summed E-state index contributed by atoms with van der Waals surface area (Å²) in [6.45, 7) is 1.41. The Morgan fingerprint density at radius 3 is 1.74 bits per heavy atom. The number of benzene rings is 3. The first-order valence-electron chi connectivity index (χ1n) is 12.2. The van der Waals surface area contributed by atoms with E-state index in [-0.39, 0.29) is 5.91 Å². The third kappa shape index (κ3) is 5.63. The standard InChI is InChI=1S/C29H32N4O5/c1-33(2)14-13-30-29(34)20-7-10-21-22(15-20)32-28(19-9-12-24(36-4)26(17-19)38-6)27(31-21)18-8-11-23(35-3)25(16-18)37-5/h7-12,15-17H,13-14H2,1-6H3,(H,30,34)/p+1. The second-order valence-corrected chi connectivity index (χ2v) is 8.98. The third-order valence-electron chi connectivity index (χ3n) is 6.15. The van der Waals surface area contributed by atoms with Gasteiger partial charge in [0.25, 0.3) is 5.91 Å². The molecular formula is C29H33N4O5+. The summed E-state index contributed by atoms with van der Waals surface area (Å²) in [5.41, 5.74) is 4.65. The second-order valence-electron chi connectivity index (χ2n) is 8.98. The van der Waals surface area contributed by atoms with E-state index in [2.05, 4.69) is 5.32 Å². The van der Waals surface area contributed by atoms with Gasteiger partial charge in [0.2, 0.25) is 0 Å². The van der Waals surface area contributed by atoms with Crippen molar-refractivity contribution in [3.05, 3.63) is 60.2 Å². The van der Waals surface area contributed by atoms with Crippen molar-refractivity contribution < 1.29 is 28.6 Å².